The molecular formula is C28H21Cl2N3O5S. The standard InChI is InChI=1S/C28H21Cl2N3O5S/c1-17-13-18(16-31)14-23-21(17)15-24(33(23)39(36,37)19-5-3-2-4-6-19)27(34)25-22(29)8-7-20(26(25)30)28(35)32-9-11-38-12-10-32/h2-8,13-15H,9-12H2,1H3. The van der Waals surface area contributed by atoms with Crippen LogP contribution in [-0.4, -0.2) is 55.3 Å². The predicted molar refractivity (Wildman–Crippen MR) is 147 cm³/mol. The summed E-state index contributed by atoms with van der Waals surface area (Å²) < 4.78 is 34.1. The van der Waals surface area contributed by atoms with Crippen molar-refractivity contribution in [1.82, 2.24) is 8.87 Å². The van der Waals surface area contributed by atoms with Crippen LogP contribution in [0.4, 0.5) is 0 Å². The molecule has 39 heavy (non-hydrogen) atoms. The third kappa shape index (κ3) is 4.70. The maximum Gasteiger partial charge on any atom is 0.268 e. The number of ether oxygens (including phenoxy) is 1. The number of amides is 1. The molecule has 11 heteroatoms. The van der Waals surface area contributed by atoms with E-state index in [0.717, 1.165) is 3.97 Å². The van der Waals surface area contributed by atoms with E-state index in [9.17, 15) is 23.3 Å². The first-order valence-electron chi connectivity index (χ1n) is 11.9. The van der Waals surface area contributed by atoms with E-state index in [4.69, 9.17) is 27.9 Å². The number of rotatable bonds is 5. The molecule has 5 rings (SSSR count). The van der Waals surface area contributed by atoms with E-state index >= 15 is 0 Å². The number of halogens is 2. The van der Waals surface area contributed by atoms with Crippen LogP contribution in [-0.2, 0) is 14.8 Å². The Morgan fingerprint density at radius 1 is 1.00 bits per heavy atom. The molecule has 0 saturated carbocycles. The van der Waals surface area contributed by atoms with Gasteiger partial charge in [0.15, 0.2) is 0 Å². The van der Waals surface area contributed by atoms with Crippen molar-refractivity contribution in [3.63, 3.8) is 0 Å². The van der Waals surface area contributed by atoms with Gasteiger partial charge in [-0.05, 0) is 55.0 Å². The van der Waals surface area contributed by atoms with Gasteiger partial charge in [-0.25, -0.2) is 12.4 Å². The van der Waals surface area contributed by atoms with Gasteiger partial charge in [0.25, 0.3) is 15.9 Å². The summed E-state index contributed by atoms with van der Waals surface area (Å²) in [6.07, 6.45) is 0. The Kier molecular flexibility index (Phi) is 7.23. The van der Waals surface area contributed by atoms with Crippen molar-refractivity contribution in [3.05, 3.63) is 98.7 Å². The van der Waals surface area contributed by atoms with Gasteiger partial charge in [-0.3, -0.25) is 9.59 Å². The van der Waals surface area contributed by atoms with E-state index in [2.05, 4.69) is 0 Å². The molecule has 1 aliphatic heterocycles. The molecule has 8 nitrogen and oxygen atoms in total. The monoisotopic (exact) mass is 581 g/mol. The molecule has 2 heterocycles. The van der Waals surface area contributed by atoms with Crippen LogP contribution >= 0.6 is 23.2 Å². The van der Waals surface area contributed by atoms with Crippen LogP contribution in [0.3, 0.4) is 0 Å². The SMILES string of the molecule is Cc1cc(C#N)cc2c1cc(C(=O)c1c(Cl)ccc(C(=O)N3CCOCC3)c1Cl)n2S(=O)(=O)c1ccccc1. The molecule has 0 N–H and O–H groups in total. The lowest BCUT2D eigenvalue weighted by Crippen LogP contribution is -2.40. The third-order valence-electron chi connectivity index (χ3n) is 6.57. The molecule has 1 amide bonds. The number of hydrogen-bond donors (Lipinski definition) is 0. The zero-order chi connectivity index (χ0) is 27.9. The van der Waals surface area contributed by atoms with Gasteiger partial charge in [0.2, 0.25) is 5.78 Å². The second-order valence-corrected chi connectivity index (χ2v) is 11.5. The van der Waals surface area contributed by atoms with Gasteiger partial charge in [0, 0.05) is 18.5 Å². The maximum absolute atomic E-state index is 14.1. The molecular weight excluding hydrogens is 561 g/mol. The highest BCUT2D eigenvalue weighted by atomic mass is 35.5. The maximum atomic E-state index is 14.1. The molecule has 1 aliphatic rings. The van der Waals surface area contributed by atoms with Crippen LogP contribution in [0.5, 0.6) is 0 Å². The molecule has 4 aromatic rings. The van der Waals surface area contributed by atoms with Crippen molar-refractivity contribution in [2.24, 2.45) is 0 Å². The van der Waals surface area contributed by atoms with Crippen LogP contribution in [0, 0.1) is 18.3 Å². The average Bonchev–Trinajstić information content (AvgIpc) is 3.35. The van der Waals surface area contributed by atoms with E-state index in [1.165, 1.54) is 36.4 Å². The normalized spacial score (nSPS) is 13.8. The molecule has 0 spiro atoms. The summed E-state index contributed by atoms with van der Waals surface area (Å²) in [5, 5.41) is 9.79. The first-order chi connectivity index (χ1) is 18.6. The van der Waals surface area contributed by atoms with Crippen molar-refractivity contribution in [2.45, 2.75) is 11.8 Å². The number of hydrogen-bond acceptors (Lipinski definition) is 6. The first kappa shape index (κ1) is 26.9. The average molecular weight is 582 g/mol. The molecule has 1 fully saturated rings. The fourth-order valence-corrected chi connectivity index (χ4v) is 6.77. The summed E-state index contributed by atoms with van der Waals surface area (Å²) in [7, 11) is -4.31. The van der Waals surface area contributed by atoms with Gasteiger partial charge >= 0.3 is 0 Å². The van der Waals surface area contributed by atoms with Gasteiger partial charge in [-0.15, -0.1) is 0 Å². The number of carbonyl (C=O) groups excluding carboxylic acids is 2. The minimum atomic E-state index is -4.31. The van der Waals surface area contributed by atoms with E-state index < -0.39 is 15.8 Å². The molecule has 0 bridgehead atoms. The number of fused-ring (bicyclic) bond motifs is 1. The van der Waals surface area contributed by atoms with Crippen molar-refractivity contribution < 1.29 is 22.7 Å². The van der Waals surface area contributed by atoms with E-state index in [-0.39, 0.29) is 48.7 Å². The minimum absolute atomic E-state index is 0.0353. The lowest BCUT2D eigenvalue weighted by molar-refractivity contribution is 0.0303. The smallest absolute Gasteiger partial charge is 0.268 e. The van der Waals surface area contributed by atoms with Gasteiger partial charge in [-0.1, -0.05) is 41.4 Å². The van der Waals surface area contributed by atoms with Crippen LogP contribution in [0.1, 0.15) is 37.5 Å². The van der Waals surface area contributed by atoms with Crippen LogP contribution < -0.4 is 0 Å². The van der Waals surface area contributed by atoms with Crippen molar-refractivity contribution >= 4 is 55.8 Å². The number of nitrogens with zero attached hydrogens (tertiary/aromatic N) is 3. The van der Waals surface area contributed by atoms with Crippen LogP contribution in [0.25, 0.3) is 10.9 Å². The largest absolute Gasteiger partial charge is 0.378 e. The zero-order valence-electron chi connectivity index (χ0n) is 20.6. The summed E-state index contributed by atoms with van der Waals surface area (Å²) in [5.74, 6) is -1.17. The third-order valence-corrected chi connectivity index (χ3v) is 9.02. The fourth-order valence-electron chi connectivity index (χ4n) is 4.63. The summed E-state index contributed by atoms with van der Waals surface area (Å²) in [5.41, 5.74) is 0.647. The number of nitriles is 1. The highest BCUT2D eigenvalue weighted by molar-refractivity contribution is 7.90. The Balaban J connectivity index is 1.74. The Morgan fingerprint density at radius 2 is 1.69 bits per heavy atom. The lowest BCUT2D eigenvalue weighted by atomic mass is 10.0. The highest BCUT2D eigenvalue weighted by Gasteiger charge is 2.32. The van der Waals surface area contributed by atoms with Gasteiger partial charge in [-0.2, -0.15) is 5.26 Å². The summed E-state index contributed by atoms with van der Waals surface area (Å²) in [6, 6.07) is 17.0. The summed E-state index contributed by atoms with van der Waals surface area (Å²) in [4.78, 5) is 28.8. The second kappa shape index (κ2) is 10.5. The minimum Gasteiger partial charge on any atom is -0.378 e. The van der Waals surface area contributed by atoms with Crippen molar-refractivity contribution in [2.75, 3.05) is 26.3 Å². The Bertz CT molecular complexity index is 1790. The highest BCUT2D eigenvalue weighted by Crippen LogP contribution is 2.35. The molecule has 0 unspecified atom stereocenters. The zero-order valence-corrected chi connectivity index (χ0v) is 23.0. The van der Waals surface area contributed by atoms with E-state index in [1.807, 2.05) is 6.07 Å². The summed E-state index contributed by atoms with van der Waals surface area (Å²) >= 11 is 13.1. The number of morpholine rings is 1. The molecule has 1 aromatic heterocycles. The van der Waals surface area contributed by atoms with Crippen LogP contribution in [0.2, 0.25) is 10.0 Å². The Morgan fingerprint density at radius 3 is 2.36 bits per heavy atom. The molecule has 1 saturated heterocycles. The summed E-state index contributed by atoms with van der Waals surface area (Å²) in [6.45, 7) is 3.21. The Labute approximate surface area is 235 Å². The predicted octanol–water partition coefficient (Wildman–Crippen LogP) is 5.07. The van der Waals surface area contributed by atoms with Gasteiger partial charge in [0.05, 0.1) is 56.4 Å². The first-order valence-corrected chi connectivity index (χ1v) is 14.1. The van der Waals surface area contributed by atoms with E-state index in [1.54, 1.807) is 36.1 Å². The van der Waals surface area contributed by atoms with E-state index in [0.29, 0.717) is 37.3 Å². The lowest BCUT2D eigenvalue weighted by Gasteiger charge is -2.27. The number of aromatic nitrogens is 1. The molecule has 198 valence electrons. The molecule has 0 radical (unpaired) electrons. The number of ketones is 1. The quantitative estimate of drug-likeness (QED) is 0.304. The van der Waals surface area contributed by atoms with Crippen LogP contribution in [0.15, 0.2) is 65.6 Å². The Hall–Kier alpha value is -3.68. The van der Waals surface area contributed by atoms with Crippen molar-refractivity contribution in [1.29, 1.82) is 5.26 Å². The van der Waals surface area contributed by atoms with Gasteiger partial charge in [0.1, 0.15) is 5.69 Å². The topological polar surface area (TPSA) is 109 Å². The molecule has 3 aromatic carbocycles. The molecule has 0 atom stereocenters. The fraction of sp³-hybridized carbons (Fsp3) is 0.179. The van der Waals surface area contributed by atoms with Gasteiger partial charge < -0.3 is 9.64 Å². The number of benzene rings is 3. The molecule has 0 aliphatic carbocycles. The number of aryl methyl sites for hydroxylation is 1. The van der Waals surface area contributed by atoms with Crippen molar-refractivity contribution in [3.8, 4) is 6.07 Å². The number of carbonyl (C=O) groups is 2. The second-order valence-electron chi connectivity index (χ2n) is 8.97.